The summed E-state index contributed by atoms with van der Waals surface area (Å²) in [7, 11) is -3.87. The van der Waals surface area contributed by atoms with Crippen molar-refractivity contribution in [2.75, 3.05) is 13.2 Å². The number of ether oxygens (including phenoxy) is 2. The number of cyclic esters (lactones) is 1. The Bertz CT molecular complexity index is 1840. The van der Waals surface area contributed by atoms with Crippen LogP contribution >= 0.6 is 0 Å². The van der Waals surface area contributed by atoms with Crippen molar-refractivity contribution in [3.63, 3.8) is 0 Å². The molecule has 2 aromatic rings. The highest BCUT2D eigenvalue weighted by Gasteiger charge is 2.62. The van der Waals surface area contributed by atoms with Gasteiger partial charge in [-0.15, -0.1) is 6.58 Å². The number of sulfonamides is 1. The Balaban J connectivity index is 1.21. The van der Waals surface area contributed by atoms with Gasteiger partial charge in [-0.25, -0.2) is 18.2 Å². The smallest absolute Gasteiger partial charge is 0.407 e. The fourth-order valence-electron chi connectivity index (χ4n) is 7.51. The summed E-state index contributed by atoms with van der Waals surface area (Å²) in [5.74, 6) is -2.16. The van der Waals surface area contributed by atoms with Crippen LogP contribution in [-0.4, -0.2) is 84.2 Å². The molecule has 0 spiro atoms. The van der Waals surface area contributed by atoms with E-state index in [4.69, 9.17) is 9.47 Å². The molecule has 50 heavy (non-hydrogen) atoms. The van der Waals surface area contributed by atoms with Crippen molar-refractivity contribution in [1.29, 1.82) is 0 Å². The molecule has 13 nitrogen and oxygen atoms in total. The Labute approximate surface area is 291 Å². The Hall–Kier alpha value is -4.46. The van der Waals surface area contributed by atoms with Gasteiger partial charge >= 0.3 is 6.09 Å². The number of aromatic nitrogens is 1. The second kappa shape index (κ2) is 13.7. The Kier molecular flexibility index (Phi) is 9.31. The first-order chi connectivity index (χ1) is 24.1. The Morgan fingerprint density at radius 1 is 1.10 bits per heavy atom. The van der Waals surface area contributed by atoms with Crippen LogP contribution in [0.15, 0.2) is 49.2 Å². The summed E-state index contributed by atoms with van der Waals surface area (Å²) in [6.07, 6.45) is 11.6. The minimum atomic E-state index is -3.87. The normalized spacial score (nSPS) is 29.6. The largest absolute Gasteiger partial charge is 0.472 e. The lowest BCUT2D eigenvalue weighted by atomic mass is 9.96. The molecule has 1 unspecified atom stereocenters. The van der Waals surface area contributed by atoms with Crippen molar-refractivity contribution in [1.82, 2.24) is 25.2 Å². The van der Waals surface area contributed by atoms with E-state index in [1.165, 1.54) is 11.0 Å². The molecule has 3 aliphatic carbocycles. The minimum Gasteiger partial charge on any atom is -0.472 e. The molecule has 266 valence electrons. The van der Waals surface area contributed by atoms with Crippen molar-refractivity contribution in [3.05, 3.63) is 54.8 Å². The minimum absolute atomic E-state index is 0.0225. The molecule has 2 aliphatic heterocycles. The van der Waals surface area contributed by atoms with Crippen LogP contribution in [0.4, 0.5) is 4.79 Å². The van der Waals surface area contributed by atoms with Crippen LogP contribution in [0, 0.1) is 11.8 Å². The first-order valence-electron chi connectivity index (χ1n) is 17.5. The Morgan fingerprint density at radius 2 is 1.90 bits per heavy atom. The summed E-state index contributed by atoms with van der Waals surface area (Å²) in [6.45, 7) is 3.97. The van der Waals surface area contributed by atoms with Gasteiger partial charge in [0.1, 0.15) is 23.7 Å². The zero-order valence-corrected chi connectivity index (χ0v) is 28.7. The maximum atomic E-state index is 14.5. The summed E-state index contributed by atoms with van der Waals surface area (Å²) in [5, 5.41) is 6.70. The number of allylic oxidation sites excluding steroid dienone is 1. The third-order valence-electron chi connectivity index (χ3n) is 10.6. The van der Waals surface area contributed by atoms with Crippen molar-refractivity contribution in [2.45, 2.75) is 93.2 Å². The molecule has 0 radical (unpaired) electrons. The number of benzene rings is 1. The number of pyridine rings is 1. The molecule has 5 atom stereocenters. The molecule has 4 amide bonds. The molecule has 14 heteroatoms. The van der Waals surface area contributed by atoms with Gasteiger partial charge in [0.25, 0.3) is 5.91 Å². The quantitative estimate of drug-likeness (QED) is 0.365. The van der Waals surface area contributed by atoms with E-state index in [0.717, 1.165) is 42.0 Å². The van der Waals surface area contributed by atoms with E-state index in [0.29, 0.717) is 31.6 Å². The highest BCUT2D eigenvalue weighted by atomic mass is 32.2. The van der Waals surface area contributed by atoms with Crippen molar-refractivity contribution >= 4 is 50.7 Å². The number of fused-ring (bicyclic) bond motifs is 3. The molecule has 3 heterocycles. The van der Waals surface area contributed by atoms with Crippen molar-refractivity contribution in [3.8, 4) is 5.88 Å². The van der Waals surface area contributed by atoms with Crippen molar-refractivity contribution in [2.24, 2.45) is 11.8 Å². The van der Waals surface area contributed by atoms with Crippen LogP contribution in [0.3, 0.4) is 0 Å². The van der Waals surface area contributed by atoms with Gasteiger partial charge in [-0.1, -0.05) is 43.2 Å². The van der Waals surface area contributed by atoms with Crippen LogP contribution in [0.2, 0.25) is 0 Å². The predicted molar refractivity (Wildman–Crippen MR) is 184 cm³/mol. The van der Waals surface area contributed by atoms with Crippen LogP contribution < -0.4 is 20.1 Å². The first kappa shape index (κ1) is 34.0. The van der Waals surface area contributed by atoms with E-state index >= 15 is 0 Å². The number of alkyl carbamates (subject to hydrolysis) is 1. The average molecular weight is 706 g/mol. The van der Waals surface area contributed by atoms with E-state index in [9.17, 15) is 27.6 Å². The van der Waals surface area contributed by atoms with E-state index < -0.39 is 68.7 Å². The summed E-state index contributed by atoms with van der Waals surface area (Å²) in [5.41, 5.74) is -0.585. The maximum Gasteiger partial charge on any atom is 0.407 e. The number of nitrogens with one attached hydrogen (secondary N) is 3. The van der Waals surface area contributed by atoms with Gasteiger partial charge in [-0.2, -0.15) is 0 Å². The lowest BCUT2D eigenvalue weighted by molar-refractivity contribution is -0.142. The number of carbonyl (C=O) groups excluding carboxylic acids is 4. The maximum absolute atomic E-state index is 14.5. The van der Waals surface area contributed by atoms with Gasteiger partial charge in [-0.05, 0) is 73.9 Å². The van der Waals surface area contributed by atoms with Crippen LogP contribution in [0.25, 0.3) is 16.8 Å². The fourth-order valence-corrected chi connectivity index (χ4v) is 8.88. The average Bonchev–Trinajstić information content (AvgIpc) is 3.97. The van der Waals surface area contributed by atoms with Gasteiger partial charge in [0.2, 0.25) is 27.7 Å². The van der Waals surface area contributed by atoms with Crippen LogP contribution in [-0.2, 0) is 29.1 Å². The summed E-state index contributed by atoms with van der Waals surface area (Å²) in [4.78, 5) is 61.1. The first-order valence-corrected chi connectivity index (χ1v) is 19.1. The third kappa shape index (κ3) is 6.94. The van der Waals surface area contributed by atoms with Gasteiger partial charge in [0.05, 0.1) is 18.4 Å². The van der Waals surface area contributed by atoms with Gasteiger partial charge in [0.15, 0.2) is 0 Å². The topological polar surface area (TPSA) is 173 Å². The number of nitrogens with zero attached hydrogens (tertiary/aromatic N) is 2. The van der Waals surface area contributed by atoms with E-state index in [1.54, 1.807) is 6.20 Å². The molecule has 3 saturated carbocycles. The summed E-state index contributed by atoms with van der Waals surface area (Å²) in [6, 6.07) is 5.80. The van der Waals surface area contributed by atoms with Crippen molar-refractivity contribution < 1.29 is 37.1 Å². The molecule has 4 fully saturated rings. The number of rotatable bonds is 7. The number of amides is 4. The lowest BCUT2D eigenvalue weighted by Crippen LogP contribution is -2.59. The fraction of sp³-hybridized carbons (Fsp3) is 0.528. The van der Waals surface area contributed by atoms with Gasteiger partial charge < -0.3 is 25.0 Å². The van der Waals surface area contributed by atoms with Gasteiger partial charge in [-0.3, -0.25) is 19.1 Å². The molecule has 7 rings (SSSR count). The summed E-state index contributed by atoms with van der Waals surface area (Å²) < 4.78 is 39.5. The van der Waals surface area contributed by atoms with Gasteiger partial charge in [0, 0.05) is 23.9 Å². The standard InChI is InChI=1S/C36H43N5O8S/c1-2-25-20-36(25,34(44)40-50(46,47)27-13-14-27)39-31(42)29-19-26-21-41(29)33(43)30(24-9-5-6-10-24)38-35(45)48-17-7-3-4-8-22-11-12-23-15-16-37-32(49-26)28(23)18-22/h2,4,8,11-12,15-16,18,24-27,29-30H,1,3,5-7,9-10,13-14,17,19-21H2,(H,38,45)(H,39,42)(H,40,44)/b8-4+/t25-,26-,29+,30+,36?/m1/s1. The Morgan fingerprint density at radius 3 is 2.64 bits per heavy atom. The second-order valence-electron chi connectivity index (χ2n) is 14.1. The molecule has 1 aromatic carbocycles. The monoisotopic (exact) mass is 705 g/mol. The molecular formula is C36H43N5O8S. The molecule has 1 aromatic heterocycles. The van der Waals surface area contributed by atoms with E-state index in [2.05, 4.69) is 26.9 Å². The van der Waals surface area contributed by atoms with Crippen LogP contribution in [0.1, 0.15) is 69.8 Å². The molecular weight excluding hydrogens is 662 g/mol. The lowest BCUT2D eigenvalue weighted by Gasteiger charge is -2.32. The second-order valence-corrected chi connectivity index (χ2v) is 16.1. The van der Waals surface area contributed by atoms with E-state index in [1.807, 2.05) is 36.4 Å². The zero-order valence-electron chi connectivity index (χ0n) is 27.8. The number of hydrogen-bond acceptors (Lipinski definition) is 9. The SMILES string of the molecule is C=C[C@@H]1CC1(NC(=O)[C@@H]1C[C@@H]2CN1C(=O)[C@H](C1CCCC1)NC(=O)OCCC/C=C/c1ccc3ccnc(c3c1)O2)C(=O)NS(=O)(=O)C1CC1. The molecule has 5 aliphatic rings. The molecule has 1 saturated heterocycles. The number of carbonyl (C=O) groups is 4. The molecule has 3 N–H and O–H groups in total. The van der Waals surface area contributed by atoms with Crippen LogP contribution in [0.5, 0.6) is 5.88 Å². The summed E-state index contributed by atoms with van der Waals surface area (Å²) >= 11 is 0. The predicted octanol–water partition coefficient (Wildman–Crippen LogP) is 3.34. The molecule has 4 bridgehead atoms. The highest BCUT2D eigenvalue weighted by molar-refractivity contribution is 7.91. The van der Waals surface area contributed by atoms with E-state index in [-0.39, 0.29) is 31.9 Å². The highest BCUT2D eigenvalue weighted by Crippen LogP contribution is 2.45. The number of hydrogen-bond donors (Lipinski definition) is 3. The third-order valence-corrected chi connectivity index (χ3v) is 12.4. The zero-order chi connectivity index (χ0) is 35.0.